The minimum atomic E-state index is -0.246. The molecule has 0 fully saturated rings. The van der Waals surface area contributed by atoms with E-state index in [0.717, 1.165) is 22.2 Å². The second kappa shape index (κ2) is 6.47. The molecule has 0 radical (unpaired) electrons. The number of carbonyl (C=O) groups is 1. The molecule has 5 aromatic rings. The number of nitrogens with zero attached hydrogens (tertiary/aromatic N) is 4. The first-order valence-electron chi connectivity index (χ1n) is 8.51. The van der Waals surface area contributed by atoms with Crippen molar-refractivity contribution in [2.75, 3.05) is 5.32 Å². The molecule has 5 heterocycles. The van der Waals surface area contributed by atoms with Crippen LogP contribution < -0.4 is 5.32 Å². The lowest BCUT2D eigenvalue weighted by molar-refractivity contribution is 0.102. The van der Waals surface area contributed by atoms with Gasteiger partial charge in [0.2, 0.25) is 0 Å². The van der Waals surface area contributed by atoms with Gasteiger partial charge in [0.05, 0.1) is 34.2 Å². The third-order valence-electron chi connectivity index (χ3n) is 4.49. The molecule has 8 heteroatoms. The van der Waals surface area contributed by atoms with Crippen molar-refractivity contribution in [1.82, 2.24) is 24.6 Å². The Balaban J connectivity index is 1.58. The SMILES string of the molecule is O=C(Nc1cccnc1)c1cnn2ccc(-c3c[nH]c4ncc(Cl)cc34)cc12. The van der Waals surface area contributed by atoms with Crippen molar-refractivity contribution < 1.29 is 4.79 Å². The molecule has 0 aliphatic heterocycles. The number of aromatic nitrogens is 5. The van der Waals surface area contributed by atoms with Gasteiger partial charge in [0.25, 0.3) is 5.91 Å². The topological polar surface area (TPSA) is 88.0 Å². The molecule has 0 bridgehead atoms. The zero-order valence-electron chi connectivity index (χ0n) is 14.4. The number of anilines is 1. The lowest BCUT2D eigenvalue weighted by Crippen LogP contribution is -2.11. The number of pyridine rings is 3. The largest absolute Gasteiger partial charge is 0.346 e. The van der Waals surface area contributed by atoms with Gasteiger partial charge in [0.15, 0.2) is 0 Å². The Hall–Kier alpha value is -3.71. The molecule has 0 aromatic carbocycles. The first-order valence-corrected chi connectivity index (χ1v) is 8.88. The Labute approximate surface area is 164 Å². The lowest BCUT2D eigenvalue weighted by Gasteiger charge is -2.05. The second-order valence-electron chi connectivity index (χ2n) is 6.25. The summed E-state index contributed by atoms with van der Waals surface area (Å²) in [5.41, 5.74) is 4.43. The first-order chi connectivity index (χ1) is 13.7. The van der Waals surface area contributed by atoms with Gasteiger partial charge in [-0.25, -0.2) is 9.50 Å². The van der Waals surface area contributed by atoms with Gasteiger partial charge in [-0.2, -0.15) is 5.10 Å². The highest BCUT2D eigenvalue weighted by Gasteiger charge is 2.15. The summed E-state index contributed by atoms with van der Waals surface area (Å²) in [6.45, 7) is 0. The summed E-state index contributed by atoms with van der Waals surface area (Å²) in [7, 11) is 0. The normalized spacial score (nSPS) is 11.2. The first kappa shape index (κ1) is 16.5. The number of fused-ring (bicyclic) bond motifs is 2. The summed E-state index contributed by atoms with van der Waals surface area (Å²) in [5.74, 6) is -0.246. The zero-order valence-corrected chi connectivity index (χ0v) is 15.2. The van der Waals surface area contributed by atoms with Crippen LogP contribution in [0.25, 0.3) is 27.7 Å². The van der Waals surface area contributed by atoms with Crippen molar-refractivity contribution in [2.24, 2.45) is 0 Å². The van der Waals surface area contributed by atoms with Crippen LogP contribution in [0.4, 0.5) is 5.69 Å². The third-order valence-corrected chi connectivity index (χ3v) is 4.70. The van der Waals surface area contributed by atoms with Gasteiger partial charge in [-0.1, -0.05) is 11.6 Å². The predicted molar refractivity (Wildman–Crippen MR) is 107 cm³/mol. The van der Waals surface area contributed by atoms with Crippen LogP contribution in [0.2, 0.25) is 5.02 Å². The minimum absolute atomic E-state index is 0.246. The van der Waals surface area contributed by atoms with E-state index in [-0.39, 0.29) is 5.91 Å². The van der Waals surface area contributed by atoms with Crippen molar-refractivity contribution in [1.29, 1.82) is 0 Å². The van der Waals surface area contributed by atoms with Crippen LogP contribution in [0, 0.1) is 0 Å². The van der Waals surface area contributed by atoms with Crippen molar-refractivity contribution in [3.63, 3.8) is 0 Å². The van der Waals surface area contributed by atoms with E-state index in [1.807, 2.05) is 30.6 Å². The number of carbonyl (C=O) groups excluding carboxylic acids is 1. The molecule has 5 rings (SSSR count). The molecule has 2 N–H and O–H groups in total. The Morgan fingerprint density at radius 1 is 1.18 bits per heavy atom. The molecule has 1 amide bonds. The maximum absolute atomic E-state index is 12.7. The number of nitrogens with one attached hydrogen (secondary N) is 2. The molecule has 0 spiro atoms. The van der Waals surface area contributed by atoms with E-state index in [9.17, 15) is 4.79 Å². The quantitative estimate of drug-likeness (QED) is 0.485. The van der Waals surface area contributed by atoms with Crippen LogP contribution in [0.5, 0.6) is 0 Å². The van der Waals surface area contributed by atoms with E-state index in [0.29, 0.717) is 21.8 Å². The third kappa shape index (κ3) is 2.78. The van der Waals surface area contributed by atoms with E-state index in [1.165, 1.54) is 0 Å². The highest BCUT2D eigenvalue weighted by Crippen LogP contribution is 2.30. The van der Waals surface area contributed by atoms with Gasteiger partial charge in [-0.3, -0.25) is 9.78 Å². The molecule has 0 saturated carbocycles. The molecular weight excluding hydrogens is 376 g/mol. The molecule has 5 aromatic heterocycles. The van der Waals surface area contributed by atoms with Crippen LogP contribution in [-0.2, 0) is 0 Å². The molecule has 28 heavy (non-hydrogen) atoms. The molecular formula is C20H13ClN6O. The van der Waals surface area contributed by atoms with Gasteiger partial charge < -0.3 is 10.3 Å². The van der Waals surface area contributed by atoms with Gasteiger partial charge in [-0.05, 0) is 35.9 Å². The van der Waals surface area contributed by atoms with Crippen LogP contribution in [0.3, 0.4) is 0 Å². The maximum atomic E-state index is 12.7. The summed E-state index contributed by atoms with van der Waals surface area (Å²) in [4.78, 5) is 24.2. The monoisotopic (exact) mass is 388 g/mol. The van der Waals surface area contributed by atoms with Crippen molar-refractivity contribution in [2.45, 2.75) is 0 Å². The number of rotatable bonds is 3. The molecule has 136 valence electrons. The number of H-pyrrole nitrogens is 1. The van der Waals surface area contributed by atoms with Crippen molar-refractivity contribution >= 4 is 39.7 Å². The number of hydrogen-bond acceptors (Lipinski definition) is 4. The molecule has 0 aliphatic rings. The number of aromatic amines is 1. The average Bonchev–Trinajstić information content (AvgIpc) is 3.32. The van der Waals surface area contributed by atoms with Crippen LogP contribution in [0.1, 0.15) is 10.4 Å². The van der Waals surface area contributed by atoms with E-state index in [1.54, 1.807) is 41.4 Å². The second-order valence-corrected chi connectivity index (χ2v) is 6.69. The number of hydrogen-bond donors (Lipinski definition) is 2. The number of halogens is 1. The summed E-state index contributed by atoms with van der Waals surface area (Å²) >= 11 is 6.11. The van der Waals surface area contributed by atoms with Crippen LogP contribution >= 0.6 is 11.6 Å². The van der Waals surface area contributed by atoms with Crippen LogP contribution in [0.15, 0.2) is 67.5 Å². The van der Waals surface area contributed by atoms with Gasteiger partial charge in [0.1, 0.15) is 5.65 Å². The Morgan fingerprint density at radius 2 is 2.11 bits per heavy atom. The van der Waals surface area contributed by atoms with E-state index in [2.05, 4.69) is 25.4 Å². The molecule has 0 saturated heterocycles. The molecule has 0 aliphatic carbocycles. The van der Waals surface area contributed by atoms with Crippen LogP contribution in [-0.4, -0.2) is 30.5 Å². The highest BCUT2D eigenvalue weighted by molar-refractivity contribution is 6.31. The lowest BCUT2D eigenvalue weighted by atomic mass is 10.1. The summed E-state index contributed by atoms with van der Waals surface area (Å²) in [5, 5.41) is 8.60. The van der Waals surface area contributed by atoms with E-state index < -0.39 is 0 Å². The van der Waals surface area contributed by atoms with Gasteiger partial charge in [-0.15, -0.1) is 0 Å². The summed E-state index contributed by atoms with van der Waals surface area (Å²) < 4.78 is 1.67. The van der Waals surface area contributed by atoms with E-state index >= 15 is 0 Å². The fourth-order valence-electron chi connectivity index (χ4n) is 3.17. The van der Waals surface area contributed by atoms with Gasteiger partial charge in [0, 0.05) is 35.7 Å². The fraction of sp³-hybridized carbons (Fsp3) is 0. The van der Waals surface area contributed by atoms with Crippen molar-refractivity contribution in [3.8, 4) is 11.1 Å². The standard InChI is InChI=1S/C20H13ClN6O/c21-13-7-15-16(10-24-19(15)23-8-13)12-3-5-27-18(6-12)17(11-25-27)20(28)26-14-2-1-4-22-9-14/h1-11H,(H,23,24)(H,26,28). The smallest absolute Gasteiger partial charge is 0.259 e. The Kier molecular flexibility index (Phi) is 3.80. The molecule has 0 unspecified atom stereocenters. The highest BCUT2D eigenvalue weighted by atomic mass is 35.5. The Morgan fingerprint density at radius 3 is 2.96 bits per heavy atom. The van der Waals surface area contributed by atoms with Crippen molar-refractivity contribution in [3.05, 3.63) is 78.1 Å². The minimum Gasteiger partial charge on any atom is -0.346 e. The maximum Gasteiger partial charge on any atom is 0.259 e. The molecule has 7 nitrogen and oxygen atoms in total. The van der Waals surface area contributed by atoms with E-state index in [4.69, 9.17) is 11.6 Å². The summed E-state index contributed by atoms with van der Waals surface area (Å²) in [6.07, 6.45) is 10.1. The fourth-order valence-corrected chi connectivity index (χ4v) is 3.33. The Bertz CT molecular complexity index is 1320. The average molecular weight is 389 g/mol. The number of amides is 1. The zero-order chi connectivity index (χ0) is 19.1. The molecule has 0 atom stereocenters. The summed E-state index contributed by atoms with van der Waals surface area (Å²) in [6, 6.07) is 9.28. The van der Waals surface area contributed by atoms with Gasteiger partial charge >= 0.3 is 0 Å². The predicted octanol–water partition coefficient (Wildman–Crippen LogP) is 4.18.